The van der Waals surface area contributed by atoms with Crippen molar-refractivity contribution in [2.45, 2.75) is 128 Å². The Bertz CT molecular complexity index is 1510. The summed E-state index contributed by atoms with van der Waals surface area (Å²) in [6, 6.07) is 0. The van der Waals surface area contributed by atoms with Gasteiger partial charge in [-0.25, -0.2) is 4.39 Å². The first-order valence-corrected chi connectivity index (χ1v) is 16.9. The number of esters is 4. The monoisotopic (exact) mass is 708 g/mol. The van der Waals surface area contributed by atoms with Crippen LogP contribution in [0.2, 0.25) is 0 Å². The maximum atomic E-state index is 17.4. The van der Waals surface area contributed by atoms with Gasteiger partial charge in [0, 0.05) is 57.3 Å². The van der Waals surface area contributed by atoms with Gasteiger partial charge in [-0.05, 0) is 44.1 Å². The molecular formula is C35H45FO14. The van der Waals surface area contributed by atoms with Crippen molar-refractivity contribution in [3.8, 4) is 0 Å². The first kappa shape index (κ1) is 37.7. The minimum Gasteiger partial charge on any atom is -0.463 e. The summed E-state index contributed by atoms with van der Waals surface area (Å²) in [5, 5.41) is 12.1. The summed E-state index contributed by atoms with van der Waals surface area (Å²) in [4.78, 5) is 88.1. The third-order valence-electron chi connectivity index (χ3n) is 11.7. The Labute approximate surface area is 288 Å². The van der Waals surface area contributed by atoms with Crippen molar-refractivity contribution in [1.29, 1.82) is 0 Å². The van der Waals surface area contributed by atoms with Crippen molar-refractivity contribution in [2.75, 3.05) is 13.2 Å². The topological polar surface area (TPSA) is 195 Å². The quantitative estimate of drug-likeness (QED) is 0.270. The molecule has 50 heavy (non-hydrogen) atoms. The average Bonchev–Trinajstić information content (AvgIpc) is 3.28. The Morgan fingerprint density at radius 2 is 1.48 bits per heavy atom. The molecule has 0 bridgehead atoms. The molecule has 0 amide bonds. The fraction of sp³-hybridized carbons (Fsp3) is 0.743. The number of aliphatic hydroxyl groups is 1. The lowest BCUT2D eigenvalue weighted by molar-refractivity contribution is -0.307. The molecule has 14 nitrogen and oxygen atoms in total. The van der Waals surface area contributed by atoms with E-state index in [4.69, 9.17) is 28.4 Å². The average molecular weight is 709 g/mol. The van der Waals surface area contributed by atoms with Gasteiger partial charge in [-0.1, -0.05) is 19.4 Å². The molecule has 0 radical (unpaired) electrons. The van der Waals surface area contributed by atoms with Crippen LogP contribution in [0.1, 0.15) is 86.5 Å². The molecule has 1 aliphatic heterocycles. The maximum absolute atomic E-state index is 17.4. The van der Waals surface area contributed by atoms with E-state index in [1.807, 2.05) is 0 Å². The molecule has 0 spiro atoms. The van der Waals surface area contributed by atoms with E-state index in [1.54, 1.807) is 13.8 Å². The Hall–Kier alpha value is -3.56. The molecule has 1 N–H and O–H groups in total. The van der Waals surface area contributed by atoms with E-state index in [-0.39, 0.29) is 37.9 Å². The normalized spacial score (nSPS) is 40.7. The van der Waals surface area contributed by atoms with E-state index in [9.17, 15) is 38.7 Å². The Balaban J connectivity index is 1.40. The number of carbonyl (C=O) groups excluding carboxylic acids is 7. The van der Waals surface area contributed by atoms with Crippen LogP contribution in [0, 0.1) is 22.7 Å². The van der Waals surface area contributed by atoms with Gasteiger partial charge in [0.05, 0.1) is 0 Å². The fourth-order valence-corrected chi connectivity index (χ4v) is 9.35. The fourth-order valence-electron chi connectivity index (χ4n) is 9.35. The molecule has 1 saturated heterocycles. The second-order valence-electron chi connectivity index (χ2n) is 14.6. The molecule has 15 heteroatoms. The van der Waals surface area contributed by atoms with Crippen molar-refractivity contribution >= 4 is 41.2 Å². The number of ketones is 3. The molecular weight excluding hydrogens is 663 g/mol. The highest BCUT2D eigenvalue weighted by atomic mass is 19.1. The number of halogens is 1. The highest BCUT2D eigenvalue weighted by Crippen LogP contribution is 2.69. The second-order valence-corrected chi connectivity index (χ2v) is 14.6. The van der Waals surface area contributed by atoms with Gasteiger partial charge in [0.15, 0.2) is 47.6 Å². The molecule has 276 valence electrons. The number of fused-ring (bicyclic) bond motifs is 5. The van der Waals surface area contributed by atoms with E-state index in [0.29, 0.717) is 12.0 Å². The largest absolute Gasteiger partial charge is 0.463 e. The van der Waals surface area contributed by atoms with E-state index >= 15 is 4.39 Å². The molecule has 0 aromatic rings. The van der Waals surface area contributed by atoms with Gasteiger partial charge in [0.2, 0.25) is 0 Å². The third-order valence-corrected chi connectivity index (χ3v) is 11.7. The Morgan fingerprint density at radius 3 is 2.10 bits per heavy atom. The summed E-state index contributed by atoms with van der Waals surface area (Å²) >= 11 is 0. The third kappa shape index (κ3) is 6.19. The van der Waals surface area contributed by atoms with Crippen LogP contribution < -0.4 is 0 Å². The molecule has 4 fully saturated rings. The number of hydrogen-bond acceptors (Lipinski definition) is 14. The zero-order valence-corrected chi connectivity index (χ0v) is 29.1. The van der Waals surface area contributed by atoms with Gasteiger partial charge < -0.3 is 33.5 Å². The van der Waals surface area contributed by atoms with E-state index in [1.165, 1.54) is 6.08 Å². The predicted molar refractivity (Wildman–Crippen MR) is 165 cm³/mol. The summed E-state index contributed by atoms with van der Waals surface area (Å²) in [6.07, 6.45) is -5.23. The number of allylic oxidation sites excluding steroid dienone is 1. The van der Waals surface area contributed by atoms with Gasteiger partial charge >= 0.3 is 23.9 Å². The number of carbonyl (C=O) groups is 7. The lowest BCUT2D eigenvalue weighted by Crippen LogP contribution is -2.68. The lowest BCUT2D eigenvalue weighted by Gasteiger charge is -2.60. The lowest BCUT2D eigenvalue weighted by atomic mass is 9.44. The summed E-state index contributed by atoms with van der Waals surface area (Å²) in [7, 11) is 0. The molecule has 11 atom stereocenters. The molecule has 4 aliphatic carbocycles. The molecule has 1 heterocycles. The van der Waals surface area contributed by atoms with Crippen LogP contribution in [0.25, 0.3) is 0 Å². The van der Waals surface area contributed by atoms with Gasteiger partial charge in [-0.2, -0.15) is 0 Å². The summed E-state index contributed by atoms with van der Waals surface area (Å²) < 4.78 is 50.3. The molecule has 0 aromatic carbocycles. The molecule has 0 aromatic heterocycles. The van der Waals surface area contributed by atoms with Crippen molar-refractivity contribution in [2.24, 2.45) is 22.7 Å². The van der Waals surface area contributed by atoms with Crippen LogP contribution in [0.5, 0.6) is 0 Å². The van der Waals surface area contributed by atoms with E-state index in [2.05, 4.69) is 0 Å². The number of alkyl halides is 1. The first-order chi connectivity index (χ1) is 23.3. The number of ether oxygens (including phenoxy) is 6. The highest BCUT2D eigenvalue weighted by molar-refractivity contribution is 5.97. The number of Topliss-reactive ketones (excluding diaryl/α,β-unsaturated/α-hetero) is 2. The molecule has 1 unspecified atom stereocenters. The Morgan fingerprint density at radius 1 is 0.860 bits per heavy atom. The smallest absolute Gasteiger partial charge is 0.303 e. The second kappa shape index (κ2) is 13.5. The van der Waals surface area contributed by atoms with E-state index < -0.39 is 120 Å². The van der Waals surface area contributed by atoms with Crippen molar-refractivity contribution < 1.29 is 71.5 Å². The first-order valence-electron chi connectivity index (χ1n) is 16.9. The van der Waals surface area contributed by atoms with Crippen LogP contribution in [0.3, 0.4) is 0 Å². The number of hydrogen-bond donors (Lipinski definition) is 1. The summed E-state index contributed by atoms with van der Waals surface area (Å²) in [6.45, 7) is 6.30. The van der Waals surface area contributed by atoms with Crippen molar-refractivity contribution in [3.05, 3.63) is 11.6 Å². The van der Waals surface area contributed by atoms with Gasteiger partial charge in [-0.3, -0.25) is 33.6 Å². The van der Waals surface area contributed by atoms with Gasteiger partial charge in [0.25, 0.3) is 0 Å². The number of rotatable bonds is 9. The van der Waals surface area contributed by atoms with Crippen LogP contribution in [-0.4, -0.2) is 102 Å². The van der Waals surface area contributed by atoms with E-state index in [0.717, 1.165) is 27.7 Å². The van der Waals surface area contributed by atoms with Gasteiger partial charge in [0.1, 0.15) is 24.9 Å². The Kier molecular flexibility index (Phi) is 10.2. The zero-order chi connectivity index (χ0) is 37.0. The van der Waals surface area contributed by atoms with Crippen molar-refractivity contribution in [3.63, 3.8) is 0 Å². The highest BCUT2D eigenvalue weighted by Gasteiger charge is 2.74. The molecule has 3 saturated carbocycles. The SMILES string of the molecule is CC(=O)OC[C@H]1OC(OCC(=O)[C@@]2(O)CC[C@H]3[C@@H]4CCC5=CC(=O)CC[C@]5(C)[C@@]4(F)C(=O)C[C@@]32C)[C@H](OC(C)=O)[C@@H](OC(C)=O)[C@H]1OC(C)=O. The van der Waals surface area contributed by atoms with Gasteiger partial charge in [-0.15, -0.1) is 0 Å². The van der Waals surface area contributed by atoms with Crippen molar-refractivity contribution in [1.82, 2.24) is 0 Å². The summed E-state index contributed by atoms with van der Waals surface area (Å²) in [5.41, 5.74) is -6.26. The summed E-state index contributed by atoms with van der Waals surface area (Å²) in [5.74, 6) is -6.21. The van der Waals surface area contributed by atoms with Crippen LogP contribution in [0.15, 0.2) is 11.6 Å². The predicted octanol–water partition coefficient (Wildman–Crippen LogP) is 2.19. The molecule has 5 aliphatic rings. The van der Waals surface area contributed by atoms with Crippen LogP contribution in [-0.2, 0) is 62.0 Å². The maximum Gasteiger partial charge on any atom is 0.303 e. The standard InChI is InChI=1S/C35H45FO14/c1-17(37)45-15-25-28(47-18(2)38)29(48-19(3)39)30(49-20(4)40)31(50-25)46-16-27(43)34(44)12-10-23-24-8-7-21-13-22(41)9-11-32(21,5)35(24,36)26(42)14-33(23,34)6/h13,23-25,28-31,44H,7-12,14-16H2,1-6H3/t23-,24-,25+,28-,29-,30+,31?,32-,33-,34-,35-/m0/s1. The minimum absolute atomic E-state index is 0.0767. The zero-order valence-electron chi connectivity index (χ0n) is 29.1. The van der Waals surface area contributed by atoms with Crippen LogP contribution >= 0.6 is 0 Å². The minimum atomic E-state index is -2.26. The van der Waals surface area contributed by atoms with Crippen LogP contribution in [0.4, 0.5) is 4.39 Å². The molecule has 5 rings (SSSR count).